The zero-order valence-electron chi connectivity index (χ0n) is 21.1. The molecule has 1 aromatic heterocycles. The van der Waals surface area contributed by atoms with Crippen LogP contribution in [0.3, 0.4) is 0 Å². The molecular formula is C29H25F3N4O3. The average molecular weight is 535 g/mol. The van der Waals surface area contributed by atoms with Crippen molar-refractivity contribution in [3.8, 4) is 11.4 Å². The van der Waals surface area contributed by atoms with E-state index in [4.69, 9.17) is 4.74 Å². The highest BCUT2D eigenvalue weighted by atomic mass is 19.4. The third-order valence-corrected chi connectivity index (χ3v) is 5.86. The Morgan fingerprint density at radius 3 is 2.28 bits per heavy atom. The van der Waals surface area contributed by atoms with E-state index in [1.807, 2.05) is 30.3 Å². The third kappa shape index (κ3) is 6.72. The Bertz CT molecular complexity index is 1490. The van der Waals surface area contributed by atoms with Gasteiger partial charge in [0.25, 0.3) is 0 Å². The number of carbonyl (C=O) groups excluding carboxylic acids is 2. The van der Waals surface area contributed by atoms with Crippen LogP contribution < -0.4 is 15.5 Å². The molecule has 7 nitrogen and oxygen atoms in total. The van der Waals surface area contributed by atoms with Gasteiger partial charge >= 0.3 is 18.0 Å². The first-order chi connectivity index (χ1) is 18.6. The van der Waals surface area contributed by atoms with E-state index in [9.17, 15) is 22.8 Å². The number of benzene rings is 3. The number of ether oxygens (including phenoxy) is 1. The number of para-hydroxylation sites is 1. The number of anilines is 1. The van der Waals surface area contributed by atoms with Crippen molar-refractivity contribution in [3.63, 3.8) is 0 Å². The maximum absolute atomic E-state index is 13.5. The van der Waals surface area contributed by atoms with Gasteiger partial charge in [-0.1, -0.05) is 42.5 Å². The van der Waals surface area contributed by atoms with E-state index in [2.05, 4.69) is 15.8 Å². The molecule has 4 rings (SSSR count). The van der Waals surface area contributed by atoms with Gasteiger partial charge in [-0.15, -0.1) is 0 Å². The SMILES string of the molecule is Cc1cc(/C=N\NC(=O)C(=O)Nc2ccc(OCc3ccccc3)cc2)c(C)n1-c1ccccc1C(F)(F)F. The molecule has 39 heavy (non-hydrogen) atoms. The summed E-state index contributed by atoms with van der Waals surface area (Å²) >= 11 is 0. The van der Waals surface area contributed by atoms with Crippen molar-refractivity contribution >= 4 is 23.7 Å². The highest BCUT2D eigenvalue weighted by Crippen LogP contribution is 2.35. The van der Waals surface area contributed by atoms with Crippen molar-refractivity contribution in [2.24, 2.45) is 5.10 Å². The summed E-state index contributed by atoms with van der Waals surface area (Å²) in [4.78, 5) is 24.5. The average Bonchev–Trinajstić information content (AvgIpc) is 3.20. The minimum atomic E-state index is -4.52. The molecule has 3 aromatic carbocycles. The highest BCUT2D eigenvalue weighted by Gasteiger charge is 2.34. The van der Waals surface area contributed by atoms with Crippen molar-refractivity contribution < 1.29 is 27.5 Å². The van der Waals surface area contributed by atoms with Crippen LogP contribution in [0.15, 0.2) is 90.0 Å². The molecule has 0 aliphatic heterocycles. The molecular weight excluding hydrogens is 509 g/mol. The first kappa shape index (κ1) is 27.2. The fourth-order valence-electron chi connectivity index (χ4n) is 3.97. The van der Waals surface area contributed by atoms with Gasteiger partial charge < -0.3 is 14.6 Å². The molecule has 1 heterocycles. The molecule has 0 atom stereocenters. The van der Waals surface area contributed by atoms with Crippen molar-refractivity contribution in [1.29, 1.82) is 0 Å². The lowest BCUT2D eigenvalue weighted by molar-refractivity contribution is -0.137. The summed E-state index contributed by atoms with van der Waals surface area (Å²) in [7, 11) is 0. The second kappa shape index (κ2) is 11.7. The highest BCUT2D eigenvalue weighted by molar-refractivity contribution is 6.39. The van der Waals surface area contributed by atoms with Crippen molar-refractivity contribution in [1.82, 2.24) is 9.99 Å². The number of nitrogens with one attached hydrogen (secondary N) is 2. The van der Waals surface area contributed by atoms with Crippen LogP contribution in [0.4, 0.5) is 18.9 Å². The van der Waals surface area contributed by atoms with E-state index in [0.29, 0.717) is 35.0 Å². The molecule has 0 bridgehead atoms. The Labute approximate surface area is 222 Å². The van der Waals surface area contributed by atoms with E-state index >= 15 is 0 Å². The first-order valence-corrected chi connectivity index (χ1v) is 11.9. The number of carbonyl (C=O) groups is 2. The summed E-state index contributed by atoms with van der Waals surface area (Å²) in [5.74, 6) is -1.34. The number of hydrogen-bond donors (Lipinski definition) is 2. The van der Waals surface area contributed by atoms with E-state index in [0.717, 1.165) is 11.6 Å². The van der Waals surface area contributed by atoms with Crippen LogP contribution in [0.1, 0.15) is 28.1 Å². The van der Waals surface area contributed by atoms with E-state index in [1.54, 1.807) is 44.2 Å². The summed E-state index contributed by atoms with van der Waals surface area (Å²) in [5.41, 5.74) is 4.27. The Balaban J connectivity index is 1.35. The molecule has 0 saturated heterocycles. The quantitative estimate of drug-likeness (QED) is 0.179. The zero-order valence-corrected chi connectivity index (χ0v) is 21.1. The first-order valence-electron chi connectivity index (χ1n) is 11.9. The minimum Gasteiger partial charge on any atom is -0.489 e. The number of hydrazone groups is 1. The monoisotopic (exact) mass is 534 g/mol. The van der Waals surface area contributed by atoms with Crippen LogP contribution >= 0.6 is 0 Å². The minimum absolute atomic E-state index is 0.0143. The maximum Gasteiger partial charge on any atom is 0.418 e. The lowest BCUT2D eigenvalue weighted by Crippen LogP contribution is -2.32. The third-order valence-electron chi connectivity index (χ3n) is 5.86. The summed E-state index contributed by atoms with van der Waals surface area (Å²) in [6, 6.07) is 23.1. The zero-order chi connectivity index (χ0) is 28.0. The van der Waals surface area contributed by atoms with Gasteiger partial charge in [0.05, 0.1) is 17.5 Å². The number of aryl methyl sites for hydroxylation is 1. The maximum atomic E-state index is 13.5. The number of rotatable bonds is 7. The fraction of sp³-hybridized carbons (Fsp3) is 0.138. The Morgan fingerprint density at radius 2 is 1.59 bits per heavy atom. The number of amides is 2. The summed E-state index contributed by atoms with van der Waals surface area (Å²) < 4.78 is 47.7. The second-order valence-corrected chi connectivity index (χ2v) is 8.63. The molecule has 200 valence electrons. The molecule has 2 N–H and O–H groups in total. The number of hydrogen-bond acceptors (Lipinski definition) is 4. The van der Waals surface area contributed by atoms with Gasteiger partial charge in [0.2, 0.25) is 0 Å². The Morgan fingerprint density at radius 1 is 0.923 bits per heavy atom. The number of aromatic nitrogens is 1. The second-order valence-electron chi connectivity index (χ2n) is 8.63. The van der Waals surface area contributed by atoms with Crippen LogP contribution in [-0.4, -0.2) is 22.6 Å². The molecule has 4 aromatic rings. The molecule has 2 amide bonds. The molecule has 0 saturated carbocycles. The van der Waals surface area contributed by atoms with Gasteiger partial charge in [-0.2, -0.15) is 18.3 Å². The number of halogens is 3. The number of alkyl halides is 3. The van der Waals surface area contributed by atoms with Gasteiger partial charge in [0.1, 0.15) is 12.4 Å². The van der Waals surface area contributed by atoms with Crippen LogP contribution in [0.2, 0.25) is 0 Å². The van der Waals surface area contributed by atoms with Crippen molar-refractivity contribution in [2.45, 2.75) is 26.6 Å². The molecule has 0 radical (unpaired) electrons. The van der Waals surface area contributed by atoms with E-state index < -0.39 is 23.6 Å². The largest absolute Gasteiger partial charge is 0.489 e. The standard InChI is InChI=1S/C29H25F3N4O3/c1-19-16-22(20(2)36(19)26-11-7-6-10-25(26)29(30,31)32)17-33-35-28(38)27(37)34-23-12-14-24(15-13-23)39-18-21-8-4-3-5-9-21/h3-17H,18H2,1-2H3,(H,34,37)(H,35,38)/b33-17-. The van der Waals surface area contributed by atoms with Crippen LogP contribution in [0.5, 0.6) is 5.75 Å². The summed E-state index contributed by atoms with van der Waals surface area (Å²) in [5, 5.41) is 6.28. The molecule has 0 unspecified atom stereocenters. The Kier molecular flexibility index (Phi) is 8.14. The molecule has 10 heteroatoms. The predicted molar refractivity (Wildman–Crippen MR) is 142 cm³/mol. The van der Waals surface area contributed by atoms with E-state index in [1.165, 1.54) is 29.0 Å². The van der Waals surface area contributed by atoms with Gasteiger partial charge in [0, 0.05) is 22.6 Å². The molecule has 0 spiro atoms. The van der Waals surface area contributed by atoms with Crippen molar-refractivity contribution in [3.05, 3.63) is 113 Å². The van der Waals surface area contributed by atoms with Gasteiger partial charge in [-0.3, -0.25) is 9.59 Å². The fourth-order valence-corrected chi connectivity index (χ4v) is 3.97. The lowest BCUT2D eigenvalue weighted by Gasteiger charge is -2.16. The van der Waals surface area contributed by atoms with Crippen LogP contribution in [0, 0.1) is 13.8 Å². The molecule has 0 aliphatic rings. The van der Waals surface area contributed by atoms with Gasteiger partial charge in [-0.05, 0) is 61.9 Å². The van der Waals surface area contributed by atoms with Crippen LogP contribution in [-0.2, 0) is 22.4 Å². The van der Waals surface area contributed by atoms with Gasteiger partial charge in [0.15, 0.2) is 0 Å². The smallest absolute Gasteiger partial charge is 0.418 e. The lowest BCUT2D eigenvalue weighted by atomic mass is 10.1. The summed E-state index contributed by atoms with van der Waals surface area (Å²) in [6.07, 6.45) is -3.25. The molecule has 0 fully saturated rings. The normalized spacial score (nSPS) is 11.4. The summed E-state index contributed by atoms with van der Waals surface area (Å²) in [6.45, 7) is 3.70. The van der Waals surface area contributed by atoms with Crippen molar-refractivity contribution in [2.75, 3.05) is 5.32 Å². The Hall–Kier alpha value is -4.86. The molecule has 0 aliphatic carbocycles. The van der Waals surface area contributed by atoms with E-state index in [-0.39, 0.29) is 5.69 Å². The van der Waals surface area contributed by atoms with Crippen LogP contribution in [0.25, 0.3) is 5.69 Å². The van der Waals surface area contributed by atoms with Gasteiger partial charge in [-0.25, -0.2) is 5.43 Å². The number of nitrogens with zero attached hydrogens (tertiary/aromatic N) is 2. The predicted octanol–water partition coefficient (Wildman–Crippen LogP) is 5.78. The topological polar surface area (TPSA) is 84.7 Å².